The fourth-order valence-corrected chi connectivity index (χ4v) is 1.71. The summed E-state index contributed by atoms with van der Waals surface area (Å²) in [5, 5.41) is 11.7. The Balaban J connectivity index is 2.56. The summed E-state index contributed by atoms with van der Waals surface area (Å²) in [5.74, 6) is 0. The number of alkyl halides is 3. The zero-order chi connectivity index (χ0) is 11.5. The van der Waals surface area contributed by atoms with E-state index in [0.29, 0.717) is 16.3 Å². The molecule has 1 rings (SSSR count). The summed E-state index contributed by atoms with van der Waals surface area (Å²) < 4.78 is 39.4. The molecule has 0 aliphatic heterocycles. The van der Waals surface area contributed by atoms with Crippen molar-refractivity contribution in [3.8, 4) is 6.07 Å². The summed E-state index contributed by atoms with van der Waals surface area (Å²) in [6.45, 7) is 1.41. The summed E-state index contributed by atoms with van der Waals surface area (Å²) in [6, 6.07) is 1.90. The summed E-state index contributed by atoms with van der Waals surface area (Å²) >= 11 is 1.00. The van der Waals surface area contributed by atoms with E-state index in [0.717, 1.165) is 11.5 Å². The van der Waals surface area contributed by atoms with Crippen molar-refractivity contribution in [1.82, 2.24) is 4.37 Å². The Morgan fingerprint density at radius 3 is 2.73 bits per heavy atom. The number of hydrogen-bond acceptors (Lipinski definition) is 4. The number of nitrogens with one attached hydrogen (secondary N) is 1. The van der Waals surface area contributed by atoms with Crippen molar-refractivity contribution < 1.29 is 13.2 Å². The Morgan fingerprint density at radius 2 is 2.20 bits per heavy atom. The number of halogens is 3. The van der Waals surface area contributed by atoms with Crippen LogP contribution in [0.4, 0.5) is 18.2 Å². The number of hydrogen-bond donors (Lipinski definition) is 1. The molecule has 0 fully saturated rings. The summed E-state index contributed by atoms with van der Waals surface area (Å²) in [7, 11) is 0. The Morgan fingerprint density at radius 1 is 1.53 bits per heavy atom. The van der Waals surface area contributed by atoms with Crippen molar-refractivity contribution in [1.29, 1.82) is 5.26 Å². The smallest absolute Gasteiger partial charge is 0.374 e. The van der Waals surface area contributed by atoms with Gasteiger partial charge in [0.05, 0.1) is 12.1 Å². The van der Waals surface area contributed by atoms with Gasteiger partial charge in [0.2, 0.25) is 0 Å². The van der Waals surface area contributed by atoms with Gasteiger partial charge >= 0.3 is 6.18 Å². The van der Waals surface area contributed by atoms with Crippen LogP contribution in [-0.4, -0.2) is 17.1 Å². The monoisotopic (exact) mass is 235 g/mol. The van der Waals surface area contributed by atoms with Gasteiger partial charge in [-0.1, -0.05) is 0 Å². The maximum atomic E-state index is 11.8. The number of nitrogens with zero attached hydrogens (tertiary/aromatic N) is 2. The molecule has 1 aromatic heterocycles. The van der Waals surface area contributed by atoms with E-state index in [4.69, 9.17) is 5.26 Å². The van der Waals surface area contributed by atoms with Crippen LogP contribution in [-0.2, 0) is 0 Å². The van der Waals surface area contributed by atoms with Crippen LogP contribution in [0.3, 0.4) is 0 Å². The molecular formula is C8H8F3N3S. The molecule has 1 aromatic rings. The van der Waals surface area contributed by atoms with Crippen LogP contribution in [0.5, 0.6) is 0 Å². The van der Waals surface area contributed by atoms with Gasteiger partial charge in [0.25, 0.3) is 0 Å². The van der Waals surface area contributed by atoms with Crippen LogP contribution in [0, 0.1) is 18.3 Å². The number of aryl methyl sites for hydroxylation is 1. The van der Waals surface area contributed by atoms with Crippen LogP contribution < -0.4 is 5.32 Å². The molecule has 0 unspecified atom stereocenters. The summed E-state index contributed by atoms with van der Waals surface area (Å²) in [4.78, 5) is 0. The third-order valence-electron chi connectivity index (χ3n) is 1.67. The quantitative estimate of drug-likeness (QED) is 0.876. The van der Waals surface area contributed by atoms with Crippen LogP contribution in [0.15, 0.2) is 0 Å². The van der Waals surface area contributed by atoms with E-state index >= 15 is 0 Å². The molecule has 0 saturated carbocycles. The van der Waals surface area contributed by atoms with E-state index in [1.54, 1.807) is 6.92 Å². The topological polar surface area (TPSA) is 48.7 Å². The molecular weight excluding hydrogens is 227 g/mol. The minimum Gasteiger partial charge on any atom is -0.374 e. The predicted octanol–water partition coefficient (Wildman–Crippen LogP) is 2.69. The molecule has 1 heterocycles. The Labute approximate surface area is 88.7 Å². The highest BCUT2D eigenvalue weighted by Gasteiger charge is 2.26. The predicted molar refractivity (Wildman–Crippen MR) is 50.7 cm³/mol. The maximum Gasteiger partial charge on any atom is 0.390 e. The molecule has 0 bridgehead atoms. The lowest BCUT2D eigenvalue weighted by Crippen LogP contribution is -2.14. The second kappa shape index (κ2) is 4.49. The summed E-state index contributed by atoms with van der Waals surface area (Å²) in [5.41, 5.74) is 0.860. The fraction of sp³-hybridized carbons (Fsp3) is 0.500. The van der Waals surface area contributed by atoms with Crippen molar-refractivity contribution in [2.75, 3.05) is 11.9 Å². The van der Waals surface area contributed by atoms with Crippen molar-refractivity contribution in [2.24, 2.45) is 0 Å². The third-order valence-corrected chi connectivity index (χ3v) is 2.56. The summed E-state index contributed by atoms with van der Waals surface area (Å²) in [6.07, 6.45) is -5.10. The van der Waals surface area contributed by atoms with Crippen LogP contribution in [0.2, 0.25) is 0 Å². The number of rotatable bonds is 3. The molecule has 0 spiro atoms. The average Bonchev–Trinajstić information content (AvgIpc) is 2.44. The standard InChI is InChI=1S/C8H8F3N3S/c1-5-6(4-12)7(15-14-5)13-3-2-8(9,10)11/h13H,2-3H2,1H3. The molecule has 15 heavy (non-hydrogen) atoms. The Bertz CT molecular complexity index is 377. The first-order valence-electron chi connectivity index (χ1n) is 4.11. The molecule has 0 radical (unpaired) electrons. The number of aromatic nitrogens is 1. The van der Waals surface area contributed by atoms with Gasteiger partial charge in [0, 0.05) is 6.54 Å². The van der Waals surface area contributed by atoms with Gasteiger partial charge in [-0.2, -0.15) is 22.8 Å². The molecule has 0 saturated heterocycles. The largest absolute Gasteiger partial charge is 0.390 e. The second-order valence-electron chi connectivity index (χ2n) is 2.88. The lowest BCUT2D eigenvalue weighted by atomic mass is 10.3. The van der Waals surface area contributed by atoms with Gasteiger partial charge in [0.1, 0.15) is 16.6 Å². The first-order valence-corrected chi connectivity index (χ1v) is 4.88. The van der Waals surface area contributed by atoms with Crippen molar-refractivity contribution in [2.45, 2.75) is 19.5 Å². The van der Waals surface area contributed by atoms with Crippen LogP contribution in [0.1, 0.15) is 17.7 Å². The molecule has 0 aliphatic carbocycles. The first-order chi connectivity index (χ1) is 6.94. The van der Waals surface area contributed by atoms with Gasteiger partial charge in [-0.05, 0) is 18.5 Å². The molecule has 0 aromatic carbocycles. The maximum absolute atomic E-state index is 11.8. The van der Waals surface area contributed by atoms with Crippen molar-refractivity contribution in [3.05, 3.63) is 11.3 Å². The molecule has 0 atom stereocenters. The van der Waals surface area contributed by atoms with E-state index in [1.165, 1.54) is 0 Å². The van der Waals surface area contributed by atoms with E-state index in [9.17, 15) is 13.2 Å². The number of anilines is 1. The third kappa shape index (κ3) is 3.40. The van der Waals surface area contributed by atoms with Gasteiger partial charge in [-0.3, -0.25) is 0 Å². The van der Waals surface area contributed by atoms with E-state index < -0.39 is 12.6 Å². The fourth-order valence-electron chi connectivity index (χ4n) is 0.940. The molecule has 82 valence electrons. The van der Waals surface area contributed by atoms with Gasteiger partial charge < -0.3 is 5.32 Å². The van der Waals surface area contributed by atoms with Crippen molar-refractivity contribution >= 4 is 16.5 Å². The number of nitriles is 1. The average molecular weight is 235 g/mol. The van der Waals surface area contributed by atoms with E-state index in [2.05, 4.69) is 9.69 Å². The second-order valence-corrected chi connectivity index (χ2v) is 3.65. The van der Waals surface area contributed by atoms with E-state index in [1.807, 2.05) is 6.07 Å². The van der Waals surface area contributed by atoms with Crippen LogP contribution >= 0.6 is 11.5 Å². The molecule has 1 N–H and O–H groups in total. The minimum absolute atomic E-state index is 0.236. The normalized spacial score (nSPS) is 11.1. The van der Waals surface area contributed by atoms with Gasteiger partial charge in [-0.15, -0.1) is 0 Å². The zero-order valence-electron chi connectivity index (χ0n) is 7.85. The highest BCUT2D eigenvalue weighted by atomic mass is 32.1. The minimum atomic E-state index is -4.18. The highest BCUT2D eigenvalue weighted by Crippen LogP contribution is 2.25. The van der Waals surface area contributed by atoms with Gasteiger partial charge in [0.15, 0.2) is 0 Å². The highest BCUT2D eigenvalue weighted by molar-refractivity contribution is 7.10. The first kappa shape index (κ1) is 11.8. The molecule has 0 aliphatic rings. The molecule has 0 amide bonds. The Hall–Kier alpha value is -1.29. The lowest BCUT2D eigenvalue weighted by Gasteiger charge is -2.06. The lowest BCUT2D eigenvalue weighted by molar-refractivity contribution is -0.131. The van der Waals surface area contributed by atoms with Crippen LogP contribution in [0.25, 0.3) is 0 Å². The van der Waals surface area contributed by atoms with Crippen molar-refractivity contribution in [3.63, 3.8) is 0 Å². The molecule has 7 heteroatoms. The zero-order valence-corrected chi connectivity index (χ0v) is 8.67. The molecule has 3 nitrogen and oxygen atoms in total. The Kier molecular flexibility index (Phi) is 3.52. The van der Waals surface area contributed by atoms with E-state index in [-0.39, 0.29) is 6.54 Å². The SMILES string of the molecule is Cc1nsc(NCCC(F)(F)F)c1C#N. The van der Waals surface area contributed by atoms with Gasteiger partial charge in [-0.25, -0.2) is 0 Å².